The van der Waals surface area contributed by atoms with Gasteiger partial charge in [0.1, 0.15) is 5.52 Å². The number of pyridine rings is 1. The SMILES string of the molecule is Nc1nc(-n2ncc3ncccc32)ncc1F. The second kappa shape index (κ2) is 3.48. The lowest BCUT2D eigenvalue weighted by molar-refractivity contribution is 0.616. The molecule has 0 spiro atoms. The van der Waals surface area contributed by atoms with E-state index < -0.39 is 5.82 Å². The molecule has 6 nitrogen and oxygen atoms in total. The number of hydrogen-bond donors (Lipinski definition) is 1. The molecule has 0 amide bonds. The third-order valence-electron chi connectivity index (χ3n) is 2.29. The topological polar surface area (TPSA) is 82.5 Å². The maximum Gasteiger partial charge on any atom is 0.253 e. The highest BCUT2D eigenvalue weighted by atomic mass is 19.1. The van der Waals surface area contributed by atoms with E-state index in [1.165, 1.54) is 4.68 Å². The first-order valence-electron chi connectivity index (χ1n) is 4.83. The fraction of sp³-hybridized carbons (Fsp3) is 0. The van der Waals surface area contributed by atoms with Crippen molar-refractivity contribution in [2.45, 2.75) is 0 Å². The van der Waals surface area contributed by atoms with Crippen molar-refractivity contribution >= 4 is 16.9 Å². The molecule has 0 saturated heterocycles. The van der Waals surface area contributed by atoms with Crippen LogP contribution in [0.5, 0.6) is 0 Å². The summed E-state index contributed by atoms with van der Waals surface area (Å²) in [6.45, 7) is 0. The number of hydrogen-bond acceptors (Lipinski definition) is 5. The summed E-state index contributed by atoms with van der Waals surface area (Å²) in [5.74, 6) is -0.641. The van der Waals surface area contributed by atoms with Crippen molar-refractivity contribution in [3.63, 3.8) is 0 Å². The molecule has 0 atom stereocenters. The first kappa shape index (κ1) is 9.64. The van der Waals surface area contributed by atoms with Crippen LogP contribution in [0.15, 0.2) is 30.7 Å². The number of halogens is 1. The molecule has 0 bridgehead atoms. The lowest BCUT2D eigenvalue weighted by Crippen LogP contribution is -2.06. The van der Waals surface area contributed by atoms with Gasteiger partial charge in [-0.2, -0.15) is 14.8 Å². The van der Waals surface area contributed by atoms with Crippen LogP contribution in [0.1, 0.15) is 0 Å². The largest absolute Gasteiger partial charge is 0.381 e. The van der Waals surface area contributed by atoms with E-state index in [0.29, 0.717) is 5.52 Å². The minimum Gasteiger partial charge on any atom is -0.381 e. The number of anilines is 1. The summed E-state index contributed by atoms with van der Waals surface area (Å²) < 4.78 is 14.4. The van der Waals surface area contributed by atoms with E-state index >= 15 is 0 Å². The minimum absolute atomic E-state index is 0.206. The Kier molecular flexibility index (Phi) is 1.97. The van der Waals surface area contributed by atoms with Gasteiger partial charge in [-0.25, -0.2) is 9.37 Å². The van der Waals surface area contributed by atoms with Crippen LogP contribution in [0.4, 0.5) is 10.2 Å². The molecule has 3 rings (SSSR count). The Hall–Kier alpha value is -2.57. The zero-order valence-corrected chi connectivity index (χ0v) is 8.58. The molecule has 0 radical (unpaired) electrons. The molecular weight excluding hydrogens is 223 g/mol. The molecule has 0 saturated carbocycles. The molecule has 3 aromatic rings. The lowest BCUT2D eigenvalue weighted by atomic mass is 10.4. The summed E-state index contributed by atoms with van der Waals surface area (Å²) in [4.78, 5) is 11.8. The Morgan fingerprint density at radius 1 is 1.24 bits per heavy atom. The predicted octanol–water partition coefficient (Wildman–Crippen LogP) is 0.932. The number of rotatable bonds is 1. The second-order valence-electron chi connectivity index (χ2n) is 3.37. The Morgan fingerprint density at radius 2 is 2.12 bits per heavy atom. The molecule has 7 heteroatoms. The van der Waals surface area contributed by atoms with Crippen LogP contribution in [0.3, 0.4) is 0 Å². The highest BCUT2D eigenvalue weighted by Gasteiger charge is 2.09. The van der Waals surface area contributed by atoms with Crippen LogP contribution >= 0.6 is 0 Å². The molecule has 0 fully saturated rings. The number of fused-ring (bicyclic) bond motifs is 1. The Bertz CT molecular complexity index is 692. The normalized spacial score (nSPS) is 10.9. The zero-order chi connectivity index (χ0) is 11.8. The Balaban J connectivity index is 2.24. The number of nitrogen functional groups attached to an aromatic ring is 1. The van der Waals surface area contributed by atoms with Crippen molar-refractivity contribution in [3.8, 4) is 5.95 Å². The molecule has 0 aromatic carbocycles. The summed E-state index contributed by atoms with van der Waals surface area (Å²) in [6.07, 6.45) is 4.26. The molecule has 0 aliphatic heterocycles. The summed E-state index contributed by atoms with van der Waals surface area (Å²) >= 11 is 0. The van der Waals surface area contributed by atoms with E-state index in [-0.39, 0.29) is 11.8 Å². The van der Waals surface area contributed by atoms with Crippen LogP contribution < -0.4 is 5.73 Å². The quantitative estimate of drug-likeness (QED) is 0.672. The summed E-state index contributed by atoms with van der Waals surface area (Å²) in [6, 6.07) is 3.59. The van der Waals surface area contributed by atoms with Crippen LogP contribution in [0, 0.1) is 5.82 Å². The fourth-order valence-electron chi connectivity index (χ4n) is 1.49. The molecule has 3 aromatic heterocycles. The summed E-state index contributed by atoms with van der Waals surface area (Å²) in [7, 11) is 0. The molecule has 2 N–H and O–H groups in total. The van der Waals surface area contributed by atoms with E-state index in [9.17, 15) is 4.39 Å². The third-order valence-corrected chi connectivity index (χ3v) is 2.29. The van der Waals surface area contributed by atoms with Crippen molar-refractivity contribution in [2.75, 3.05) is 5.73 Å². The van der Waals surface area contributed by atoms with Gasteiger partial charge in [-0.05, 0) is 12.1 Å². The first-order chi connectivity index (χ1) is 8.25. The zero-order valence-electron chi connectivity index (χ0n) is 8.58. The van der Waals surface area contributed by atoms with E-state index in [2.05, 4.69) is 20.1 Å². The average molecular weight is 230 g/mol. The van der Waals surface area contributed by atoms with Crippen molar-refractivity contribution in [3.05, 3.63) is 36.5 Å². The maximum absolute atomic E-state index is 13.0. The van der Waals surface area contributed by atoms with Gasteiger partial charge in [0.2, 0.25) is 0 Å². The highest BCUT2D eigenvalue weighted by Crippen LogP contribution is 2.14. The Labute approximate surface area is 94.9 Å². The average Bonchev–Trinajstić information content (AvgIpc) is 2.76. The lowest BCUT2D eigenvalue weighted by Gasteiger charge is -2.02. The molecule has 0 aliphatic carbocycles. The van der Waals surface area contributed by atoms with E-state index in [1.54, 1.807) is 18.5 Å². The maximum atomic E-state index is 13.0. The highest BCUT2D eigenvalue weighted by molar-refractivity contribution is 5.74. The van der Waals surface area contributed by atoms with Crippen LogP contribution in [-0.2, 0) is 0 Å². The minimum atomic E-state index is -0.650. The van der Waals surface area contributed by atoms with Crippen molar-refractivity contribution in [2.24, 2.45) is 0 Å². The number of aromatic nitrogens is 5. The molecule has 0 unspecified atom stereocenters. The molecular formula is C10H7FN6. The van der Waals surface area contributed by atoms with Crippen molar-refractivity contribution in [1.82, 2.24) is 24.7 Å². The fourth-order valence-corrected chi connectivity index (χ4v) is 1.49. The van der Waals surface area contributed by atoms with Gasteiger partial charge in [0.05, 0.1) is 17.9 Å². The summed E-state index contributed by atoms with van der Waals surface area (Å²) in [5.41, 5.74) is 6.83. The summed E-state index contributed by atoms with van der Waals surface area (Å²) in [5, 5.41) is 4.09. The van der Waals surface area contributed by atoms with Crippen molar-refractivity contribution in [1.29, 1.82) is 0 Å². The van der Waals surface area contributed by atoms with E-state index in [4.69, 9.17) is 5.73 Å². The van der Waals surface area contributed by atoms with Crippen LogP contribution in [0.2, 0.25) is 0 Å². The van der Waals surface area contributed by atoms with Gasteiger partial charge in [-0.1, -0.05) is 0 Å². The van der Waals surface area contributed by atoms with Gasteiger partial charge in [0.15, 0.2) is 11.6 Å². The Morgan fingerprint density at radius 3 is 2.94 bits per heavy atom. The van der Waals surface area contributed by atoms with Gasteiger partial charge >= 0.3 is 0 Å². The standard InChI is InChI=1S/C10H7FN6/c11-6-4-14-10(16-9(6)12)17-8-2-1-3-13-7(8)5-15-17/h1-5H,(H2,12,14,16). The van der Waals surface area contributed by atoms with Crippen LogP contribution in [-0.4, -0.2) is 24.7 Å². The molecule has 3 heterocycles. The van der Waals surface area contributed by atoms with Gasteiger partial charge < -0.3 is 5.73 Å². The molecule has 84 valence electrons. The van der Waals surface area contributed by atoms with E-state index in [0.717, 1.165) is 11.7 Å². The van der Waals surface area contributed by atoms with Gasteiger partial charge in [0.25, 0.3) is 5.95 Å². The van der Waals surface area contributed by atoms with Crippen molar-refractivity contribution < 1.29 is 4.39 Å². The van der Waals surface area contributed by atoms with E-state index in [1.807, 2.05) is 6.07 Å². The first-order valence-corrected chi connectivity index (χ1v) is 4.83. The third kappa shape index (κ3) is 1.48. The van der Waals surface area contributed by atoms with Gasteiger partial charge in [-0.15, -0.1) is 0 Å². The van der Waals surface area contributed by atoms with Crippen LogP contribution in [0.25, 0.3) is 17.0 Å². The monoisotopic (exact) mass is 230 g/mol. The smallest absolute Gasteiger partial charge is 0.253 e. The number of nitrogens with zero attached hydrogens (tertiary/aromatic N) is 5. The molecule has 17 heavy (non-hydrogen) atoms. The second-order valence-corrected chi connectivity index (χ2v) is 3.37. The predicted molar refractivity (Wildman–Crippen MR) is 58.8 cm³/mol. The number of nitrogens with two attached hydrogens (primary N) is 1. The van der Waals surface area contributed by atoms with Gasteiger partial charge in [-0.3, -0.25) is 4.98 Å². The van der Waals surface area contributed by atoms with Gasteiger partial charge in [0, 0.05) is 6.20 Å². The molecule has 0 aliphatic rings.